The molecule has 0 heterocycles. The van der Waals surface area contributed by atoms with Gasteiger partial charge in [0.2, 0.25) is 5.75 Å². The number of ether oxygens (including phenoxy) is 2. The predicted molar refractivity (Wildman–Crippen MR) is 111 cm³/mol. The first kappa shape index (κ1) is 21.1. The lowest BCUT2D eigenvalue weighted by atomic mass is 10.1. The van der Waals surface area contributed by atoms with Gasteiger partial charge in [-0.2, -0.15) is 0 Å². The summed E-state index contributed by atoms with van der Waals surface area (Å²) in [6, 6.07) is 17.0. The number of esters is 1. The van der Waals surface area contributed by atoms with Gasteiger partial charge in [-0.15, -0.1) is 0 Å². The lowest BCUT2D eigenvalue weighted by Crippen LogP contribution is -2.10. The van der Waals surface area contributed by atoms with Crippen LogP contribution in [0.1, 0.15) is 41.3 Å². The van der Waals surface area contributed by atoms with Crippen molar-refractivity contribution in [2.24, 2.45) is 0 Å². The highest BCUT2D eigenvalue weighted by Crippen LogP contribution is 2.22. The Labute approximate surface area is 174 Å². The van der Waals surface area contributed by atoms with Gasteiger partial charge in [0.15, 0.2) is 11.6 Å². The van der Waals surface area contributed by atoms with Crippen molar-refractivity contribution in [2.45, 2.75) is 19.8 Å². The van der Waals surface area contributed by atoms with E-state index in [2.05, 4.69) is 18.8 Å². The number of para-hydroxylation sites is 1. The van der Waals surface area contributed by atoms with Crippen molar-refractivity contribution in [3.63, 3.8) is 0 Å². The normalized spacial score (nSPS) is 10.1. The quantitative estimate of drug-likeness (QED) is 0.226. The monoisotopic (exact) mass is 406 g/mol. The van der Waals surface area contributed by atoms with Crippen LogP contribution in [0, 0.1) is 23.5 Å². The van der Waals surface area contributed by atoms with Gasteiger partial charge in [-0.05, 0) is 67.1 Å². The number of rotatable bonds is 6. The highest BCUT2D eigenvalue weighted by molar-refractivity contribution is 5.91. The maximum Gasteiger partial charge on any atom is 0.343 e. The molecule has 0 amide bonds. The molecule has 0 radical (unpaired) electrons. The van der Waals surface area contributed by atoms with E-state index in [0.717, 1.165) is 36.3 Å². The Morgan fingerprint density at radius 2 is 1.43 bits per heavy atom. The zero-order valence-electron chi connectivity index (χ0n) is 16.5. The van der Waals surface area contributed by atoms with E-state index < -0.39 is 23.4 Å². The minimum absolute atomic E-state index is 0.164. The van der Waals surface area contributed by atoms with Gasteiger partial charge in [-0.25, -0.2) is 13.6 Å². The maximum atomic E-state index is 13.6. The van der Waals surface area contributed by atoms with Crippen LogP contribution in [0.3, 0.4) is 0 Å². The number of hydrogen-bond acceptors (Lipinski definition) is 3. The summed E-state index contributed by atoms with van der Waals surface area (Å²) in [5.41, 5.74) is 1.68. The van der Waals surface area contributed by atoms with Crippen molar-refractivity contribution < 1.29 is 23.0 Å². The first-order valence-electron chi connectivity index (χ1n) is 9.58. The summed E-state index contributed by atoms with van der Waals surface area (Å²) in [4.78, 5) is 12.1. The predicted octanol–water partition coefficient (Wildman–Crippen LogP) is 5.76. The first-order chi connectivity index (χ1) is 14.6. The van der Waals surface area contributed by atoms with Crippen LogP contribution in [0.15, 0.2) is 66.7 Å². The van der Waals surface area contributed by atoms with Crippen LogP contribution >= 0.6 is 0 Å². The number of unbranched alkanes of at least 4 members (excludes halogenated alkanes) is 1. The zero-order valence-corrected chi connectivity index (χ0v) is 16.5. The standard InChI is InChI=1S/C25H20F2O3/c1-2-3-17-29-21-15-11-19(12-16-21)8-7-18-9-13-20(14-10-18)25(28)30-24-22(26)5-4-6-23(24)27/h4-6,9-16H,2-3,17H2,1H3. The van der Waals surface area contributed by atoms with Crippen LogP contribution in [0.2, 0.25) is 0 Å². The van der Waals surface area contributed by atoms with Crippen LogP contribution in [0.25, 0.3) is 0 Å². The van der Waals surface area contributed by atoms with E-state index in [0.29, 0.717) is 12.2 Å². The molecule has 0 bridgehead atoms. The molecule has 30 heavy (non-hydrogen) atoms. The molecule has 5 heteroatoms. The van der Waals surface area contributed by atoms with Crippen molar-refractivity contribution in [3.8, 4) is 23.3 Å². The molecule has 0 spiro atoms. The van der Waals surface area contributed by atoms with E-state index >= 15 is 0 Å². The molecule has 0 aliphatic carbocycles. The van der Waals surface area contributed by atoms with E-state index in [1.165, 1.54) is 18.2 Å². The Hall–Kier alpha value is -3.65. The maximum absolute atomic E-state index is 13.6. The molecule has 0 N–H and O–H groups in total. The van der Waals surface area contributed by atoms with E-state index in [1.807, 2.05) is 24.3 Å². The molecular weight excluding hydrogens is 386 g/mol. The van der Waals surface area contributed by atoms with Crippen LogP contribution < -0.4 is 9.47 Å². The van der Waals surface area contributed by atoms with Gasteiger partial charge in [0, 0.05) is 11.1 Å². The first-order valence-corrected chi connectivity index (χ1v) is 9.58. The average Bonchev–Trinajstić information content (AvgIpc) is 2.76. The molecule has 0 saturated heterocycles. The van der Waals surface area contributed by atoms with Crippen molar-refractivity contribution in [2.75, 3.05) is 6.61 Å². The van der Waals surface area contributed by atoms with E-state index in [4.69, 9.17) is 9.47 Å². The third kappa shape index (κ3) is 5.68. The molecule has 3 aromatic rings. The van der Waals surface area contributed by atoms with Gasteiger partial charge in [-0.3, -0.25) is 0 Å². The molecule has 0 fully saturated rings. The minimum Gasteiger partial charge on any atom is -0.494 e. The van der Waals surface area contributed by atoms with Crippen molar-refractivity contribution in [3.05, 3.63) is 95.1 Å². The molecule has 0 aliphatic rings. The second-order valence-corrected chi connectivity index (χ2v) is 6.49. The van der Waals surface area contributed by atoms with Crippen LogP contribution in [-0.2, 0) is 0 Å². The summed E-state index contributed by atoms with van der Waals surface area (Å²) in [5, 5.41) is 0. The SMILES string of the molecule is CCCCOc1ccc(C#Cc2ccc(C(=O)Oc3c(F)cccc3F)cc2)cc1. The second-order valence-electron chi connectivity index (χ2n) is 6.49. The lowest BCUT2D eigenvalue weighted by molar-refractivity contribution is 0.0720. The number of halogens is 2. The molecular formula is C25H20F2O3. The number of carbonyl (C=O) groups is 1. The molecule has 0 saturated carbocycles. The Kier molecular flexibility index (Phi) is 7.18. The van der Waals surface area contributed by atoms with Gasteiger partial charge >= 0.3 is 5.97 Å². The van der Waals surface area contributed by atoms with Crippen molar-refractivity contribution in [1.82, 2.24) is 0 Å². The van der Waals surface area contributed by atoms with E-state index in [9.17, 15) is 13.6 Å². The van der Waals surface area contributed by atoms with E-state index in [1.54, 1.807) is 12.1 Å². The highest BCUT2D eigenvalue weighted by atomic mass is 19.1. The molecule has 0 atom stereocenters. The van der Waals surface area contributed by atoms with E-state index in [-0.39, 0.29) is 5.56 Å². The molecule has 152 valence electrons. The Morgan fingerprint density at radius 3 is 2.00 bits per heavy atom. The summed E-state index contributed by atoms with van der Waals surface area (Å²) < 4.78 is 37.7. The van der Waals surface area contributed by atoms with Gasteiger partial charge in [0.05, 0.1) is 12.2 Å². The minimum atomic E-state index is -0.937. The number of benzene rings is 3. The van der Waals surface area contributed by atoms with Crippen molar-refractivity contribution in [1.29, 1.82) is 0 Å². The molecule has 3 aromatic carbocycles. The fraction of sp³-hybridized carbons (Fsp3) is 0.160. The third-order valence-corrected chi connectivity index (χ3v) is 4.21. The average molecular weight is 406 g/mol. The van der Waals surface area contributed by atoms with Gasteiger partial charge in [0.1, 0.15) is 5.75 Å². The molecule has 0 unspecified atom stereocenters. The number of hydrogen-bond donors (Lipinski definition) is 0. The second kappa shape index (κ2) is 10.2. The van der Waals surface area contributed by atoms with Gasteiger partial charge in [-0.1, -0.05) is 31.3 Å². The van der Waals surface area contributed by atoms with Crippen LogP contribution in [-0.4, -0.2) is 12.6 Å². The summed E-state index contributed by atoms with van der Waals surface area (Å²) in [6.07, 6.45) is 2.10. The smallest absolute Gasteiger partial charge is 0.343 e. The van der Waals surface area contributed by atoms with Gasteiger partial charge < -0.3 is 9.47 Å². The fourth-order valence-electron chi connectivity index (χ4n) is 2.53. The fourth-order valence-corrected chi connectivity index (χ4v) is 2.53. The summed E-state index contributed by atoms with van der Waals surface area (Å²) in [6.45, 7) is 2.81. The van der Waals surface area contributed by atoms with Gasteiger partial charge in [0.25, 0.3) is 0 Å². The number of carbonyl (C=O) groups excluding carboxylic acids is 1. The lowest BCUT2D eigenvalue weighted by Gasteiger charge is -2.06. The van der Waals surface area contributed by atoms with Crippen LogP contribution in [0.4, 0.5) is 8.78 Å². The molecule has 3 rings (SSSR count). The Morgan fingerprint density at radius 1 is 0.867 bits per heavy atom. The topological polar surface area (TPSA) is 35.5 Å². The summed E-state index contributed by atoms with van der Waals surface area (Å²) in [5.74, 6) is 3.41. The zero-order chi connectivity index (χ0) is 21.3. The largest absolute Gasteiger partial charge is 0.494 e. The Bertz CT molecular complexity index is 1040. The van der Waals surface area contributed by atoms with Crippen LogP contribution in [0.5, 0.6) is 11.5 Å². The summed E-state index contributed by atoms with van der Waals surface area (Å²) >= 11 is 0. The Balaban J connectivity index is 1.63. The molecule has 0 aromatic heterocycles. The van der Waals surface area contributed by atoms with Crippen molar-refractivity contribution >= 4 is 5.97 Å². The third-order valence-electron chi connectivity index (χ3n) is 4.21. The molecule has 3 nitrogen and oxygen atoms in total. The highest BCUT2D eigenvalue weighted by Gasteiger charge is 2.15. The molecule has 0 aliphatic heterocycles. The summed E-state index contributed by atoms with van der Waals surface area (Å²) in [7, 11) is 0.